The smallest absolute Gasteiger partial charge is 0.125 e. The van der Waals surface area contributed by atoms with Crippen LogP contribution in [0.2, 0.25) is 0 Å². The van der Waals surface area contributed by atoms with Gasteiger partial charge in [-0.05, 0) is 54.8 Å². The van der Waals surface area contributed by atoms with E-state index in [9.17, 15) is 5.11 Å². The van der Waals surface area contributed by atoms with Crippen molar-refractivity contribution in [1.82, 2.24) is 0 Å². The van der Waals surface area contributed by atoms with E-state index < -0.39 is 6.10 Å². The molecule has 21 heavy (non-hydrogen) atoms. The highest BCUT2D eigenvalue weighted by Crippen LogP contribution is 2.26. The molecule has 0 aliphatic carbocycles. The molecule has 108 valence electrons. The van der Waals surface area contributed by atoms with Crippen LogP contribution in [-0.2, 0) is 0 Å². The standard InChI is InChI=1S/C17H18N2O2/c1-11-7-13(9-18)8-12(2)17(11)21-10-16(20)14-3-5-15(19)6-4-14/h3-8,16,20H,10,19H2,1-2H3. The van der Waals surface area contributed by atoms with E-state index >= 15 is 0 Å². The normalized spacial score (nSPS) is 11.7. The number of nitrogens with two attached hydrogens (primary N) is 1. The van der Waals surface area contributed by atoms with Crippen LogP contribution in [0.15, 0.2) is 36.4 Å². The van der Waals surface area contributed by atoms with Crippen LogP contribution in [0, 0.1) is 25.2 Å². The fourth-order valence-electron chi connectivity index (χ4n) is 2.22. The Morgan fingerprint density at radius 2 is 1.76 bits per heavy atom. The highest BCUT2D eigenvalue weighted by molar-refractivity contribution is 5.47. The predicted octanol–water partition coefficient (Wildman–Crippen LogP) is 2.87. The molecule has 0 aliphatic rings. The summed E-state index contributed by atoms with van der Waals surface area (Å²) < 4.78 is 5.72. The molecule has 0 radical (unpaired) electrons. The van der Waals surface area contributed by atoms with Gasteiger partial charge in [0.2, 0.25) is 0 Å². The monoisotopic (exact) mass is 282 g/mol. The number of aryl methyl sites for hydroxylation is 2. The van der Waals surface area contributed by atoms with Gasteiger partial charge in [0, 0.05) is 5.69 Å². The first-order chi connectivity index (χ1) is 10.0. The van der Waals surface area contributed by atoms with Crippen molar-refractivity contribution in [3.8, 4) is 11.8 Å². The molecule has 4 nitrogen and oxygen atoms in total. The molecule has 2 rings (SSSR count). The third-order valence-corrected chi connectivity index (χ3v) is 3.30. The van der Waals surface area contributed by atoms with E-state index in [-0.39, 0.29) is 6.61 Å². The molecule has 0 fully saturated rings. The van der Waals surface area contributed by atoms with Gasteiger partial charge in [-0.15, -0.1) is 0 Å². The van der Waals surface area contributed by atoms with Crippen molar-refractivity contribution in [2.24, 2.45) is 0 Å². The van der Waals surface area contributed by atoms with Gasteiger partial charge in [0.05, 0.1) is 11.6 Å². The predicted molar refractivity (Wildman–Crippen MR) is 81.9 cm³/mol. The number of rotatable bonds is 4. The van der Waals surface area contributed by atoms with E-state index in [2.05, 4.69) is 6.07 Å². The fourth-order valence-corrected chi connectivity index (χ4v) is 2.22. The number of hydrogen-bond donors (Lipinski definition) is 2. The van der Waals surface area contributed by atoms with E-state index in [1.54, 1.807) is 36.4 Å². The SMILES string of the molecule is Cc1cc(C#N)cc(C)c1OCC(O)c1ccc(N)cc1. The van der Waals surface area contributed by atoms with Gasteiger partial charge in [-0.25, -0.2) is 0 Å². The number of benzene rings is 2. The molecule has 3 N–H and O–H groups in total. The van der Waals surface area contributed by atoms with Gasteiger partial charge < -0.3 is 15.6 Å². The number of nitrogen functional groups attached to an aromatic ring is 1. The van der Waals surface area contributed by atoms with Crippen molar-refractivity contribution in [2.45, 2.75) is 20.0 Å². The van der Waals surface area contributed by atoms with Crippen molar-refractivity contribution in [3.63, 3.8) is 0 Å². The third-order valence-electron chi connectivity index (χ3n) is 3.30. The highest BCUT2D eigenvalue weighted by atomic mass is 16.5. The summed E-state index contributed by atoms with van der Waals surface area (Å²) in [6.45, 7) is 3.93. The lowest BCUT2D eigenvalue weighted by molar-refractivity contribution is 0.107. The molecule has 0 bridgehead atoms. The summed E-state index contributed by atoms with van der Waals surface area (Å²) in [5, 5.41) is 19.1. The molecule has 4 heteroatoms. The Morgan fingerprint density at radius 1 is 1.19 bits per heavy atom. The summed E-state index contributed by atoms with van der Waals surface area (Å²) in [6.07, 6.45) is -0.722. The number of anilines is 1. The number of ether oxygens (including phenoxy) is 1. The number of nitrogens with zero attached hydrogens (tertiary/aromatic N) is 1. The first-order valence-corrected chi connectivity index (χ1v) is 6.69. The summed E-state index contributed by atoms with van der Waals surface area (Å²) in [5.41, 5.74) is 9.41. The maximum Gasteiger partial charge on any atom is 0.125 e. The first kappa shape index (κ1) is 14.9. The number of aliphatic hydroxyl groups excluding tert-OH is 1. The van der Waals surface area contributed by atoms with Crippen LogP contribution in [-0.4, -0.2) is 11.7 Å². The topological polar surface area (TPSA) is 79.3 Å². The molecule has 0 aliphatic heterocycles. The molecule has 0 saturated carbocycles. The summed E-state index contributed by atoms with van der Waals surface area (Å²) in [5.74, 6) is 0.712. The molecular weight excluding hydrogens is 264 g/mol. The van der Waals surface area contributed by atoms with Crippen LogP contribution >= 0.6 is 0 Å². The maximum absolute atomic E-state index is 10.1. The molecule has 1 unspecified atom stereocenters. The van der Waals surface area contributed by atoms with Crippen molar-refractivity contribution < 1.29 is 9.84 Å². The van der Waals surface area contributed by atoms with Gasteiger partial charge in [0.1, 0.15) is 18.5 Å². The molecule has 0 heterocycles. The van der Waals surface area contributed by atoms with Gasteiger partial charge in [0.25, 0.3) is 0 Å². The minimum Gasteiger partial charge on any atom is -0.490 e. The van der Waals surface area contributed by atoms with Crippen LogP contribution in [0.1, 0.15) is 28.4 Å². The molecule has 0 saturated heterocycles. The first-order valence-electron chi connectivity index (χ1n) is 6.69. The van der Waals surface area contributed by atoms with Gasteiger partial charge in [-0.3, -0.25) is 0 Å². The van der Waals surface area contributed by atoms with E-state index in [4.69, 9.17) is 15.7 Å². The largest absolute Gasteiger partial charge is 0.490 e. The minimum atomic E-state index is -0.722. The van der Waals surface area contributed by atoms with Crippen LogP contribution in [0.5, 0.6) is 5.75 Å². The molecule has 2 aromatic rings. The lowest BCUT2D eigenvalue weighted by atomic mass is 10.1. The van der Waals surface area contributed by atoms with Gasteiger partial charge in [-0.2, -0.15) is 5.26 Å². The van der Waals surface area contributed by atoms with Gasteiger partial charge in [-0.1, -0.05) is 12.1 Å². The Hall–Kier alpha value is -2.51. The molecule has 0 spiro atoms. The Bertz CT molecular complexity index is 649. The van der Waals surface area contributed by atoms with Crippen molar-refractivity contribution in [2.75, 3.05) is 12.3 Å². The van der Waals surface area contributed by atoms with Gasteiger partial charge >= 0.3 is 0 Å². The van der Waals surface area contributed by atoms with E-state index in [1.807, 2.05) is 13.8 Å². The second-order valence-corrected chi connectivity index (χ2v) is 5.04. The molecule has 2 aromatic carbocycles. The summed E-state index contributed by atoms with van der Waals surface area (Å²) in [6, 6.07) is 12.7. The lowest BCUT2D eigenvalue weighted by Gasteiger charge is -2.16. The molecule has 1 atom stereocenters. The van der Waals surface area contributed by atoms with E-state index in [1.165, 1.54) is 0 Å². The maximum atomic E-state index is 10.1. The zero-order chi connectivity index (χ0) is 15.4. The van der Waals surface area contributed by atoms with E-state index in [0.717, 1.165) is 16.7 Å². The van der Waals surface area contributed by atoms with Crippen LogP contribution < -0.4 is 10.5 Å². The number of aliphatic hydroxyl groups is 1. The average molecular weight is 282 g/mol. The van der Waals surface area contributed by atoms with Gasteiger partial charge in [0.15, 0.2) is 0 Å². The zero-order valence-electron chi connectivity index (χ0n) is 12.1. The molecule has 0 amide bonds. The second-order valence-electron chi connectivity index (χ2n) is 5.04. The van der Waals surface area contributed by atoms with Crippen molar-refractivity contribution in [1.29, 1.82) is 5.26 Å². The quantitative estimate of drug-likeness (QED) is 0.845. The Labute approximate surface area is 124 Å². The Balaban J connectivity index is 2.10. The summed E-state index contributed by atoms with van der Waals surface area (Å²) >= 11 is 0. The van der Waals surface area contributed by atoms with Crippen molar-refractivity contribution in [3.05, 3.63) is 58.7 Å². The average Bonchev–Trinajstić information content (AvgIpc) is 2.46. The molecular formula is C17H18N2O2. The third kappa shape index (κ3) is 3.53. The zero-order valence-corrected chi connectivity index (χ0v) is 12.1. The Morgan fingerprint density at radius 3 is 2.29 bits per heavy atom. The number of nitriles is 1. The lowest BCUT2D eigenvalue weighted by Crippen LogP contribution is -2.11. The highest BCUT2D eigenvalue weighted by Gasteiger charge is 2.11. The molecule has 0 aromatic heterocycles. The minimum absolute atomic E-state index is 0.150. The number of hydrogen-bond acceptors (Lipinski definition) is 4. The Kier molecular flexibility index (Phi) is 4.46. The van der Waals surface area contributed by atoms with Crippen LogP contribution in [0.25, 0.3) is 0 Å². The summed E-state index contributed by atoms with van der Waals surface area (Å²) in [7, 11) is 0. The van der Waals surface area contributed by atoms with Crippen LogP contribution in [0.4, 0.5) is 5.69 Å². The second kappa shape index (κ2) is 6.29. The fraction of sp³-hybridized carbons (Fsp3) is 0.235. The van der Waals surface area contributed by atoms with Crippen molar-refractivity contribution >= 4 is 5.69 Å². The summed E-state index contributed by atoms with van der Waals surface area (Å²) in [4.78, 5) is 0. The van der Waals surface area contributed by atoms with Crippen LogP contribution in [0.3, 0.4) is 0 Å². The van der Waals surface area contributed by atoms with E-state index in [0.29, 0.717) is 17.0 Å².